The number of nitrogens with one attached hydrogen (secondary N) is 1. The summed E-state index contributed by atoms with van der Waals surface area (Å²) in [5.74, 6) is 1.72. The Hall–Kier alpha value is -1.50. The van der Waals surface area contributed by atoms with Crippen molar-refractivity contribution in [1.82, 2.24) is 10.2 Å². The molecule has 0 saturated carbocycles. The van der Waals surface area contributed by atoms with Crippen LogP contribution in [0.2, 0.25) is 0 Å². The van der Waals surface area contributed by atoms with E-state index in [4.69, 9.17) is 15.2 Å². The molecule has 25 heavy (non-hydrogen) atoms. The van der Waals surface area contributed by atoms with E-state index in [9.17, 15) is 4.79 Å². The lowest BCUT2D eigenvalue weighted by Crippen LogP contribution is -2.45. The highest BCUT2D eigenvalue weighted by atomic mass is 35.5. The molecule has 1 aliphatic heterocycles. The van der Waals surface area contributed by atoms with Gasteiger partial charge in [0.25, 0.3) is 0 Å². The van der Waals surface area contributed by atoms with Gasteiger partial charge in [-0.25, -0.2) is 0 Å². The molecule has 0 bridgehead atoms. The first-order valence-corrected chi connectivity index (χ1v) is 8.79. The van der Waals surface area contributed by atoms with Crippen molar-refractivity contribution in [2.75, 3.05) is 45.9 Å². The van der Waals surface area contributed by atoms with Crippen molar-refractivity contribution in [3.05, 3.63) is 24.3 Å². The van der Waals surface area contributed by atoms with Crippen molar-refractivity contribution in [2.24, 2.45) is 11.7 Å². The van der Waals surface area contributed by atoms with Crippen LogP contribution < -0.4 is 20.5 Å². The van der Waals surface area contributed by atoms with Crippen LogP contribution in [0.5, 0.6) is 11.5 Å². The first kappa shape index (κ1) is 21.5. The van der Waals surface area contributed by atoms with Gasteiger partial charge in [0.1, 0.15) is 6.61 Å². The van der Waals surface area contributed by atoms with Crippen molar-refractivity contribution in [3.63, 3.8) is 0 Å². The summed E-state index contributed by atoms with van der Waals surface area (Å²) in [4.78, 5) is 14.4. The fraction of sp³-hybridized carbons (Fsp3) is 0.611. The number of hydrogen-bond acceptors (Lipinski definition) is 5. The molecule has 6 nitrogen and oxygen atoms in total. The van der Waals surface area contributed by atoms with Crippen molar-refractivity contribution in [1.29, 1.82) is 0 Å². The quantitative estimate of drug-likeness (QED) is 0.690. The molecule has 142 valence electrons. The Kier molecular flexibility index (Phi) is 10.3. The van der Waals surface area contributed by atoms with Crippen LogP contribution in [0.1, 0.15) is 19.8 Å². The highest BCUT2D eigenvalue weighted by Gasteiger charge is 2.25. The summed E-state index contributed by atoms with van der Waals surface area (Å²) < 4.78 is 11.4. The van der Waals surface area contributed by atoms with Crippen molar-refractivity contribution in [3.8, 4) is 11.5 Å². The van der Waals surface area contributed by atoms with Crippen LogP contribution in [0.3, 0.4) is 0 Å². The second-order valence-electron chi connectivity index (χ2n) is 5.95. The zero-order valence-corrected chi connectivity index (χ0v) is 15.7. The fourth-order valence-corrected chi connectivity index (χ4v) is 2.94. The molecule has 0 radical (unpaired) electrons. The van der Waals surface area contributed by atoms with Crippen molar-refractivity contribution in [2.45, 2.75) is 19.8 Å². The summed E-state index contributed by atoms with van der Waals surface area (Å²) in [5, 5.41) is 2.89. The van der Waals surface area contributed by atoms with Gasteiger partial charge < -0.3 is 20.5 Å². The van der Waals surface area contributed by atoms with Crippen LogP contribution in [-0.4, -0.2) is 56.7 Å². The molecule has 0 aliphatic carbocycles. The van der Waals surface area contributed by atoms with E-state index < -0.39 is 0 Å². The van der Waals surface area contributed by atoms with Crippen LogP contribution in [0, 0.1) is 5.92 Å². The van der Waals surface area contributed by atoms with Gasteiger partial charge in [0.15, 0.2) is 11.5 Å². The largest absolute Gasteiger partial charge is 0.490 e. The highest BCUT2D eigenvalue weighted by Crippen LogP contribution is 2.26. The number of carbonyl (C=O) groups is 1. The third-order valence-electron chi connectivity index (χ3n) is 4.13. The topological polar surface area (TPSA) is 76.8 Å². The molecule has 3 N–H and O–H groups in total. The summed E-state index contributed by atoms with van der Waals surface area (Å²) in [6.07, 6.45) is 1.98. The number of ether oxygens (including phenoxy) is 2. The molecule has 1 fully saturated rings. The van der Waals surface area contributed by atoms with Gasteiger partial charge in [-0.1, -0.05) is 12.1 Å². The van der Waals surface area contributed by atoms with Crippen LogP contribution in [0.25, 0.3) is 0 Å². The van der Waals surface area contributed by atoms with Gasteiger partial charge in [-0.15, -0.1) is 12.4 Å². The maximum Gasteiger partial charge on any atom is 0.224 e. The number of likely N-dealkylation sites (tertiary alicyclic amines) is 1. The van der Waals surface area contributed by atoms with E-state index in [0.717, 1.165) is 44.0 Å². The first-order chi connectivity index (χ1) is 11.7. The molecule has 1 saturated heterocycles. The first-order valence-electron chi connectivity index (χ1n) is 8.79. The van der Waals surface area contributed by atoms with Gasteiger partial charge in [-0.3, -0.25) is 9.69 Å². The number of nitrogens with two attached hydrogens (primary N) is 1. The highest BCUT2D eigenvalue weighted by molar-refractivity contribution is 5.85. The van der Waals surface area contributed by atoms with E-state index >= 15 is 0 Å². The third-order valence-corrected chi connectivity index (χ3v) is 4.13. The zero-order valence-electron chi connectivity index (χ0n) is 14.9. The maximum atomic E-state index is 12.1. The molecule has 1 atom stereocenters. The number of benzene rings is 1. The van der Waals surface area contributed by atoms with Gasteiger partial charge in [0.2, 0.25) is 5.91 Å². The smallest absolute Gasteiger partial charge is 0.224 e. The molecule has 1 heterocycles. The Morgan fingerprint density at radius 2 is 2.04 bits per heavy atom. The second kappa shape index (κ2) is 12.0. The molecule has 0 spiro atoms. The normalized spacial score (nSPS) is 17.4. The number of para-hydroxylation sites is 2. The minimum atomic E-state index is 0. The second-order valence-corrected chi connectivity index (χ2v) is 5.95. The van der Waals surface area contributed by atoms with E-state index in [1.165, 1.54) is 0 Å². The lowest BCUT2D eigenvalue weighted by Gasteiger charge is -2.31. The Labute approximate surface area is 156 Å². The van der Waals surface area contributed by atoms with E-state index in [2.05, 4.69) is 10.2 Å². The van der Waals surface area contributed by atoms with Crippen LogP contribution >= 0.6 is 12.4 Å². The van der Waals surface area contributed by atoms with E-state index in [-0.39, 0.29) is 24.2 Å². The lowest BCUT2D eigenvalue weighted by atomic mass is 9.97. The van der Waals surface area contributed by atoms with Gasteiger partial charge in [0, 0.05) is 26.2 Å². The number of hydrogen-bond donors (Lipinski definition) is 2. The summed E-state index contributed by atoms with van der Waals surface area (Å²) >= 11 is 0. The monoisotopic (exact) mass is 371 g/mol. The minimum absolute atomic E-state index is 0. The van der Waals surface area contributed by atoms with Crippen LogP contribution in [-0.2, 0) is 4.79 Å². The van der Waals surface area contributed by atoms with E-state index in [1.807, 2.05) is 31.2 Å². The summed E-state index contributed by atoms with van der Waals surface area (Å²) in [5.41, 5.74) is 5.44. The average molecular weight is 372 g/mol. The Bertz CT molecular complexity index is 516. The molecule has 1 amide bonds. The van der Waals surface area contributed by atoms with Crippen molar-refractivity contribution < 1.29 is 14.3 Å². The van der Waals surface area contributed by atoms with Gasteiger partial charge in [-0.05, 0) is 38.4 Å². The Morgan fingerprint density at radius 3 is 2.72 bits per heavy atom. The molecular formula is C18H30ClN3O3. The maximum absolute atomic E-state index is 12.1. The molecular weight excluding hydrogens is 342 g/mol. The summed E-state index contributed by atoms with van der Waals surface area (Å²) in [6.45, 7) is 6.79. The zero-order chi connectivity index (χ0) is 17.2. The van der Waals surface area contributed by atoms with Gasteiger partial charge >= 0.3 is 0 Å². The number of piperidine rings is 1. The Morgan fingerprint density at radius 1 is 1.32 bits per heavy atom. The molecule has 1 aromatic rings. The molecule has 7 heteroatoms. The number of carbonyl (C=O) groups excluding carboxylic acids is 1. The van der Waals surface area contributed by atoms with E-state index in [1.54, 1.807) is 0 Å². The minimum Gasteiger partial charge on any atom is -0.490 e. The van der Waals surface area contributed by atoms with Crippen molar-refractivity contribution >= 4 is 18.3 Å². The number of halogens is 1. The van der Waals surface area contributed by atoms with Gasteiger partial charge in [-0.2, -0.15) is 0 Å². The predicted octanol–water partition coefficient (Wildman–Crippen LogP) is 1.67. The molecule has 1 aliphatic rings. The predicted molar refractivity (Wildman–Crippen MR) is 102 cm³/mol. The van der Waals surface area contributed by atoms with E-state index in [0.29, 0.717) is 26.3 Å². The number of nitrogens with zero attached hydrogens (tertiary/aromatic N) is 1. The SMILES string of the molecule is CCOc1ccccc1OCCN1CCCC(C(=O)NCCN)C1.Cl. The molecule has 2 rings (SSSR count). The van der Waals surface area contributed by atoms with Crippen LogP contribution in [0.4, 0.5) is 0 Å². The standard InChI is InChI=1S/C18H29N3O3.ClH/c1-2-23-16-7-3-4-8-17(16)24-13-12-21-11-5-6-15(14-21)18(22)20-10-9-19;/h3-4,7-8,15H,2,5-6,9-14,19H2,1H3,(H,20,22);1H. The fourth-order valence-electron chi connectivity index (χ4n) is 2.94. The third kappa shape index (κ3) is 7.10. The molecule has 1 unspecified atom stereocenters. The van der Waals surface area contributed by atoms with Gasteiger partial charge in [0.05, 0.1) is 12.5 Å². The average Bonchev–Trinajstić information content (AvgIpc) is 2.61. The molecule has 1 aromatic carbocycles. The molecule has 0 aromatic heterocycles. The van der Waals surface area contributed by atoms with Crippen LogP contribution in [0.15, 0.2) is 24.3 Å². The Balaban J connectivity index is 0.00000312. The number of rotatable bonds is 9. The number of amides is 1. The lowest BCUT2D eigenvalue weighted by molar-refractivity contribution is -0.126. The summed E-state index contributed by atoms with van der Waals surface area (Å²) in [6, 6.07) is 7.71. The summed E-state index contributed by atoms with van der Waals surface area (Å²) in [7, 11) is 0.